The molecule has 1 aromatic heterocycles. The van der Waals surface area contributed by atoms with E-state index < -0.39 is 0 Å². The van der Waals surface area contributed by atoms with E-state index in [1.807, 2.05) is 13.8 Å². The van der Waals surface area contributed by atoms with Crippen LogP contribution in [-0.4, -0.2) is 15.4 Å². The standard InChI is InChI=1S/C9H13ClN2O/c1-7-6-9(13)12(5-3-4-10)8(2)11-7/h6H,3-5H2,1-2H3. The lowest BCUT2D eigenvalue weighted by molar-refractivity contribution is 0.616. The first-order chi connectivity index (χ1) is 6.15. The summed E-state index contributed by atoms with van der Waals surface area (Å²) in [6.45, 7) is 4.31. The second-order valence-electron chi connectivity index (χ2n) is 2.98. The Morgan fingerprint density at radius 3 is 2.77 bits per heavy atom. The molecule has 13 heavy (non-hydrogen) atoms. The smallest absolute Gasteiger partial charge is 0.253 e. The minimum absolute atomic E-state index is 0.00937. The lowest BCUT2D eigenvalue weighted by Gasteiger charge is -2.07. The molecule has 0 spiro atoms. The van der Waals surface area contributed by atoms with E-state index in [9.17, 15) is 4.79 Å². The van der Waals surface area contributed by atoms with Gasteiger partial charge in [0.15, 0.2) is 0 Å². The number of aryl methyl sites for hydroxylation is 2. The molecule has 0 saturated heterocycles. The second kappa shape index (κ2) is 4.42. The highest BCUT2D eigenvalue weighted by atomic mass is 35.5. The van der Waals surface area contributed by atoms with Gasteiger partial charge >= 0.3 is 0 Å². The molecule has 0 atom stereocenters. The maximum atomic E-state index is 11.4. The van der Waals surface area contributed by atoms with Crippen molar-refractivity contribution < 1.29 is 0 Å². The van der Waals surface area contributed by atoms with Crippen LogP contribution in [-0.2, 0) is 6.54 Å². The van der Waals surface area contributed by atoms with Crippen LogP contribution in [0.1, 0.15) is 17.9 Å². The van der Waals surface area contributed by atoms with Crippen molar-refractivity contribution in [2.24, 2.45) is 0 Å². The molecule has 72 valence electrons. The Morgan fingerprint density at radius 1 is 1.54 bits per heavy atom. The Morgan fingerprint density at radius 2 is 2.23 bits per heavy atom. The van der Waals surface area contributed by atoms with E-state index in [1.54, 1.807) is 10.6 Å². The molecule has 0 fully saturated rings. The zero-order chi connectivity index (χ0) is 9.84. The molecule has 0 aliphatic heterocycles. The van der Waals surface area contributed by atoms with Gasteiger partial charge in [-0.15, -0.1) is 11.6 Å². The number of alkyl halides is 1. The Bertz CT molecular complexity index is 346. The molecule has 0 aliphatic carbocycles. The first-order valence-corrected chi connectivity index (χ1v) is 4.79. The van der Waals surface area contributed by atoms with Gasteiger partial charge in [-0.25, -0.2) is 4.98 Å². The van der Waals surface area contributed by atoms with Crippen molar-refractivity contribution in [3.8, 4) is 0 Å². The maximum absolute atomic E-state index is 11.4. The molecule has 1 heterocycles. The van der Waals surface area contributed by atoms with E-state index in [0.29, 0.717) is 12.4 Å². The van der Waals surface area contributed by atoms with Gasteiger partial charge in [0.25, 0.3) is 5.56 Å². The molecule has 0 radical (unpaired) electrons. The van der Waals surface area contributed by atoms with Crippen molar-refractivity contribution in [3.05, 3.63) is 27.9 Å². The summed E-state index contributed by atoms with van der Waals surface area (Å²) in [4.78, 5) is 15.7. The number of halogens is 1. The van der Waals surface area contributed by atoms with Crippen LogP contribution < -0.4 is 5.56 Å². The van der Waals surface area contributed by atoms with Crippen molar-refractivity contribution in [2.45, 2.75) is 26.8 Å². The summed E-state index contributed by atoms with van der Waals surface area (Å²) in [6.07, 6.45) is 0.799. The van der Waals surface area contributed by atoms with E-state index in [1.165, 1.54) is 0 Å². The second-order valence-corrected chi connectivity index (χ2v) is 3.36. The van der Waals surface area contributed by atoms with Crippen LogP contribution in [0, 0.1) is 13.8 Å². The number of rotatable bonds is 3. The fourth-order valence-corrected chi connectivity index (χ4v) is 1.37. The SMILES string of the molecule is Cc1cc(=O)n(CCCCl)c(C)n1. The van der Waals surface area contributed by atoms with Crippen LogP contribution in [0.4, 0.5) is 0 Å². The van der Waals surface area contributed by atoms with Crippen LogP contribution in [0.25, 0.3) is 0 Å². The number of hydrogen-bond donors (Lipinski definition) is 0. The number of nitrogens with zero attached hydrogens (tertiary/aromatic N) is 2. The highest BCUT2D eigenvalue weighted by Crippen LogP contribution is 1.96. The Kier molecular flexibility index (Phi) is 3.48. The first-order valence-electron chi connectivity index (χ1n) is 4.26. The zero-order valence-electron chi connectivity index (χ0n) is 7.88. The summed E-state index contributed by atoms with van der Waals surface area (Å²) < 4.78 is 1.65. The van der Waals surface area contributed by atoms with Crippen molar-refractivity contribution in [1.82, 2.24) is 9.55 Å². The van der Waals surface area contributed by atoms with Gasteiger partial charge in [-0.3, -0.25) is 9.36 Å². The van der Waals surface area contributed by atoms with E-state index in [4.69, 9.17) is 11.6 Å². The van der Waals surface area contributed by atoms with Gasteiger partial charge in [0, 0.05) is 24.2 Å². The largest absolute Gasteiger partial charge is 0.297 e. The first kappa shape index (κ1) is 10.3. The monoisotopic (exact) mass is 200 g/mol. The fourth-order valence-electron chi connectivity index (χ4n) is 1.25. The van der Waals surface area contributed by atoms with Crippen LogP contribution >= 0.6 is 11.6 Å². The van der Waals surface area contributed by atoms with Crippen molar-refractivity contribution in [1.29, 1.82) is 0 Å². The van der Waals surface area contributed by atoms with Crippen molar-refractivity contribution >= 4 is 11.6 Å². The topological polar surface area (TPSA) is 34.9 Å². The molecule has 0 aliphatic rings. The summed E-state index contributed by atoms with van der Waals surface area (Å²) in [5.74, 6) is 1.33. The van der Waals surface area contributed by atoms with E-state index in [0.717, 1.165) is 17.9 Å². The molecule has 0 N–H and O–H groups in total. The Balaban J connectivity index is 2.99. The molecule has 1 aromatic rings. The summed E-state index contributed by atoms with van der Waals surface area (Å²) in [7, 11) is 0. The molecule has 4 heteroatoms. The van der Waals surface area contributed by atoms with E-state index in [2.05, 4.69) is 4.98 Å². The van der Waals surface area contributed by atoms with Gasteiger partial charge in [0.2, 0.25) is 0 Å². The lowest BCUT2D eigenvalue weighted by atomic mass is 10.4. The summed E-state index contributed by atoms with van der Waals surface area (Å²) in [5, 5.41) is 0. The molecule has 3 nitrogen and oxygen atoms in total. The quantitative estimate of drug-likeness (QED) is 0.693. The van der Waals surface area contributed by atoms with Gasteiger partial charge in [-0.2, -0.15) is 0 Å². The molecule has 0 aromatic carbocycles. The highest BCUT2D eigenvalue weighted by Gasteiger charge is 2.01. The predicted octanol–water partition coefficient (Wildman–Crippen LogP) is 1.49. The number of aromatic nitrogens is 2. The molecule has 0 bridgehead atoms. The molecular formula is C9H13ClN2O. The zero-order valence-corrected chi connectivity index (χ0v) is 8.64. The fraction of sp³-hybridized carbons (Fsp3) is 0.556. The molecule has 1 rings (SSSR count). The van der Waals surface area contributed by atoms with Crippen LogP contribution in [0.15, 0.2) is 10.9 Å². The normalized spacial score (nSPS) is 10.4. The minimum Gasteiger partial charge on any atom is -0.297 e. The Hall–Kier alpha value is -0.830. The van der Waals surface area contributed by atoms with Crippen LogP contribution in [0.2, 0.25) is 0 Å². The summed E-state index contributed by atoms with van der Waals surface area (Å²) in [6, 6.07) is 1.54. The molecule has 0 unspecified atom stereocenters. The van der Waals surface area contributed by atoms with Gasteiger partial charge in [0.05, 0.1) is 0 Å². The predicted molar refractivity (Wildman–Crippen MR) is 53.3 cm³/mol. The number of hydrogen-bond acceptors (Lipinski definition) is 2. The third-order valence-corrected chi connectivity index (χ3v) is 2.11. The average molecular weight is 201 g/mol. The Labute approximate surface area is 82.4 Å². The molecule has 0 saturated carbocycles. The third kappa shape index (κ3) is 2.56. The maximum Gasteiger partial charge on any atom is 0.253 e. The van der Waals surface area contributed by atoms with Gasteiger partial charge in [-0.05, 0) is 20.3 Å². The average Bonchev–Trinajstić information content (AvgIpc) is 2.02. The summed E-state index contributed by atoms with van der Waals surface area (Å²) in [5.41, 5.74) is 0.778. The van der Waals surface area contributed by atoms with Gasteiger partial charge in [0.1, 0.15) is 5.82 Å². The van der Waals surface area contributed by atoms with E-state index in [-0.39, 0.29) is 5.56 Å². The van der Waals surface area contributed by atoms with Gasteiger partial charge < -0.3 is 0 Å². The minimum atomic E-state index is 0.00937. The van der Waals surface area contributed by atoms with Crippen molar-refractivity contribution in [3.63, 3.8) is 0 Å². The summed E-state index contributed by atoms with van der Waals surface area (Å²) >= 11 is 5.55. The van der Waals surface area contributed by atoms with Crippen molar-refractivity contribution in [2.75, 3.05) is 5.88 Å². The van der Waals surface area contributed by atoms with Crippen LogP contribution in [0.5, 0.6) is 0 Å². The third-order valence-electron chi connectivity index (χ3n) is 1.84. The lowest BCUT2D eigenvalue weighted by Crippen LogP contribution is -2.23. The van der Waals surface area contributed by atoms with Crippen LogP contribution in [0.3, 0.4) is 0 Å². The highest BCUT2D eigenvalue weighted by molar-refractivity contribution is 6.17. The van der Waals surface area contributed by atoms with E-state index >= 15 is 0 Å². The molecular weight excluding hydrogens is 188 g/mol. The molecule has 0 amide bonds. The van der Waals surface area contributed by atoms with Gasteiger partial charge in [-0.1, -0.05) is 0 Å².